The van der Waals surface area contributed by atoms with Crippen LogP contribution in [0.5, 0.6) is 0 Å². The summed E-state index contributed by atoms with van der Waals surface area (Å²) < 4.78 is 12.3. The van der Waals surface area contributed by atoms with Crippen LogP contribution in [0, 0.1) is 5.92 Å². The number of alkyl halides is 2. The van der Waals surface area contributed by atoms with Crippen LogP contribution in [0.2, 0.25) is 0 Å². The highest BCUT2D eigenvalue weighted by molar-refractivity contribution is 6.26. The van der Waals surface area contributed by atoms with Crippen LogP contribution in [0.25, 0.3) is 0 Å². The normalized spacial score (nSPS) is 35.6. The molecule has 0 aromatic heterocycles. The van der Waals surface area contributed by atoms with E-state index in [1.165, 1.54) is 6.08 Å². The number of carbonyl (C=O) groups is 1. The summed E-state index contributed by atoms with van der Waals surface area (Å²) in [5.41, 5.74) is 0. The van der Waals surface area contributed by atoms with E-state index in [1.807, 2.05) is 0 Å². The smallest absolute Gasteiger partial charge is 0.129 e. The highest BCUT2D eigenvalue weighted by Gasteiger charge is 2.33. The molecule has 0 saturated carbocycles. The van der Waals surface area contributed by atoms with Gasteiger partial charge in [-0.25, -0.2) is 4.39 Å². The molecule has 0 radical (unpaired) electrons. The van der Waals surface area contributed by atoms with E-state index in [9.17, 15) is 9.18 Å². The molecule has 0 fully saturated rings. The van der Waals surface area contributed by atoms with Crippen LogP contribution >= 0.6 is 11.6 Å². The molecule has 0 saturated heterocycles. The van der Waals surface area contributed by atoms with Crippen molar-refractivity contribution in [3.63, 3.8) is 0 Å². The number of halogens is 2. The van der Waals surface area contributed by atoms with Gasteiger partial charge in [-0.15, -0.1) is 11.6 Å². The molecule has 2 atom stereocenters. The monoisotopic (exact) mass is 174 g/mol. The Morgan fingerprint density at radius 2 is 2.36 bits per heavy atom. The first-order valence-electron chi connectivity index (χ1n) is 3.29. The molecule has 0 spiro atoms. The minimum atomic E-state index is -1.14. The van der Waals surface area contributed by atoms with Gasteiger partial charge in [-0.2, -0.15) is 0 Å². The fourth-order valence-corrected chi connectivity index (χ4v) is 1.16. The van der Waals surface area contributed by atoms with Crippen molar-refractivity contribution in [1.29, 1.82) is 0 Å². The van der Waals surface area contributed by atoms with Crippen molar-refractivity contribution >= 4 is 17.9 Å². The van der Waals surface area contributed by atoms with Crippen LogP contribution in [0.15, 0.2) is 24.3 Å². The Balaban J connectivity index is 2.85. The predicted molar refractivity (Wildman–Crippen MR) is 42.4 cm³/mol. The molecular weight excluding hydrogens is 167 g/mol. The third kappa shape index (κ3) is 1.51. The summed E-state index contributed by atoms with van der Waals surface area (Å²) in [6.45, 7) is -0.723. The summed E-state index contributed by atoms with van der Waals surface area (Å²) in [5.74, 6) is -0.542. The molecule has 0 amide bonds. The van der Waals surface area contributed by atoms with Crippen molar-refractivity contribution < 1.29 is 9.18 Å². The second-order valence-corrected chi connectivity index (χ2v) is 3.17. The highest BCUT2D eigenvalue weighted by Crippen LogP contribution is 2.30. The zero-order valence-corrected chi connectivity index (χ0v) is 6.59. The van der Waals surface area contributed by atoms with E-state index in [4.69, 9.17) is 11.6 Å². The van der Waals surface area contributed by atoms with Crippen molar-refractivity contribution in [3.8, 4) is 0 Å². The molecule has 2 unspecified atom stereocenters. The van der Waals surface area contributed by atoms with Gasteiger partial charge in [-0.05, 0) is 0 Å². The van der Waals surface area contributed by atoms with Crippen LogP contribution in [0.1, 0.15) is 0 Å². The van der Waals surface area contributed by atoms with Gasteiger partial charge < -0.3 is 4.79 Å². The number of hydrogen-bond donors (Lipinski definition) is 0. The Morgan fingerprint density at radius 3 is 2.82 bits per heavy atom. The van der Waals surface area contributed by atoms with Gasteiger partial charge in [0.25, 0.3) is 0 Å². The third-order valence-electron chi connectivity index (χ3n) is 1.71. The molecule has 0 aromatic rings. The van der Waals surface area contributed by atoms with Gasteiger partial charge >= 0.3 is 0 Å². The van der Waals surface area contributed by atoms with Crippen LogP contribution in [0.3, 0.4) is 0 Å². The minimum absolute atomic E-state index is 0.542. The average molecular weight is 175 g/mol. The van der Waals surface area contributed by atoms with Crippen LogP contribution < -0.4 is 0 Å². The van der Waals surface area contributed by atoms with Crippen LogP contribution in [0.4, 0.5) is 4.39 Å². The molecule has 0 heterocycles. The Bertz CT molecular complexity index is 212. The van der Waals surface area contributed by atoms with Crippen molar-refractivity contribution in [2.75, 3.05) is 6.67 Å². The summed E-state index contributed by atoms with van der Waals surface area (Å²) >= 11 is 5.78. The van der Waals surface area contributed by atoms with E-state index < -0.39 is 17.5 Å². The molecule has 3 heteroatoms. The fraction of sp³-hybridized carbons (Fsp3) is 0.375. The molecule has 1 aliphatic carbocycles. The maximum Gasteiger partial charge on any atom is 0.129 e. The predicted octanol–water partition coefficient (Wildman–Crippen LogP) is 1.87. The number of carbonyl (C=O) groups excluding carboxylic acids is 1. The minimum Gasteiger partial charge on any atom is -0.303 e. The second-order valence-electron chi connectivity index (χ2n) is 2.47. The molecule has 1 aliphatic rings. The Labute approximate surface area is 69.5 Å². The van der Waals surface area contributed by atoms with Gasteiger partial charge in [0.2, 0.25) is 0 Å². The topological polar surface area (TPSA) is 17.1 Å². The lowest BCUT2D eigenvalue weighted by atomic mass is 9.90. The maximum absolute atomic E-state index is 12.3. The van der Waals surface area contributed by atoms with E-state index in [0.717, 1.165) is 0 Å². The average Bonchev–Trinajstić information content (AvgIpc) is 2.05. The SMILES string of the molecule is O=CC1C=CC=CC1(Cl)CF. The Morgan fingerprint density at radius 1 is 1.64 bits per heavy atom. The first-order chi connectivity index (χ1) is 5.23. The summed E-state index contributed by atoms with van der Waals surface area (Å²) in [7, 11) is 0. The third-order valence-corrected chi connectivity index (χ3v) is 2.19. The summed E-state index contributed by atoms with van der Waals surface area (Å²) in [6.07, 6.45) is 7.10. The number of aldehydes is 1. The van der Waals surface area contributed by atoms with Gasteiger partial charge in [0, 0.05) is 0 Å². The first kappa shape index (κ1) is 8.47. The molecule has 0 bridgehead atoms. The van der Waals surface area contributed by atoms with E-state index >= 15 is 0 Å². The first-order valence-corrected chi connectivity index (χ1v) is 3.67. The Hall–Kier alpha value is -0.630. The van der Waals surface area contributed by atoms with E-state index in [0.29, 0.717) is 6.29 Å². The van der Waals surface area contributed by atoms with Gasteiger partial charge in [-0.1, -0.05) is 24.3 Å². The zero-order chi connectivity index (χ0) is 8.32. The highest BCUT2D eigenvalue weighted by atomic mass is 35.5. The molecule has 1 rings (SSSR count). The lowest BCUT2D eigenvalue weighted by Crippen LogP contribution is -2.33. The number of allylic oxidation sites excluding steroid dienone is 4. The van der Waals surface area contributed by atoms with Crippen molar-refractivity contribution in [1.82, 2.24) is 0 Å². The molecule has 0 aromatic carbocycles. The second kappa shape index (κ2) is 3.18. The quantitative estimate of drug-likeness (QED) is 0.462. The summed E-state index contributed by atoms with van der Waals surface area (Å²) in [5, 5.41) is 0. The van der Waals surface area contributed by atoms with Crippen LogP contribution in [-0.4, -0.2) is 17.8 Å². The van der Waals surface area contributed by atoms with E-state index in [2.05, 4.69) is 0 Å². The molecular formula is C8H8ClFO. The molecule has 60 valence electrons. The summed E-state index contributed by atoms with van der Waals surface area (Å²) in [6, 6.07) is 0. The number of hydrogen-bond acceptors (Lipinski definition) is 1. The molecule has 1 nitrogen and oxygen atoms in total. The standard InChI is InChI=1S/C8H8ClFO/c9-8(6-10)4-2-1-3-7(8)5-11/h1-5,7H,6H2. The lowest BCUT2D eigenvalue weighted by molar-refractivity contribution is -0.110. The van der Waals surface area contributed by atoms with Gasteiger partial charge in [0.05, 0.1) is 5.92 Å². The van der Waals surface area contributed by atoms with Crippen molar-refractivity contribution in [2.45, 2.75) is 4.87 Å². The maximum atomic E-state index is 12.3. The fourth-order valence-electron chi connectivity index (χ4n) is 0.963. The van der Waals surface area contributed by atoms with Gasteiger partial charge in [0.15, 0.2) is 0 Å². The zero-order valence-electron chi connectivity index (χ0n) is 5.84. The summed E-state index contributed by atoms with van der Waals surface area (Å²) in [4.78, 5) is 9.26. The number of rotatable bonds is 2. The molecule has 0 N–H and O–H groups in total. The van der Waals surface area contributed by atoms with E-state index in [1.54, 1.807) is 18.2 Å². The largest absolute Gasteiger partial charge is 0.303 e. The van der Waals surface area contributed by atoms with Gasteiger partial charge in [0.1, 0.15) is 17.8 Å². The van der Waals surface area contributed by atoms with Gasteiger partial charge in [-0.3, -0.25) is 0 Å². The van der Waals surface area contributed by atoms with Crippen LogP contribution in [-0.2, 0) is 4.79 Å². The van der Waals surface area contributed by atoms with Crippen molar-refractivity contribution in [2.24, 2.45) is 5.92 Å². The van der Waals surface area contributed by atoms with Crippen molar-refractivity contribution in [3.05, 3.63) is 24.3 Å². The molecule has 11 heavy (non-hydrogen) atoms. The molecule has 0 aliphatic heterocycles. The Kier molecular flexibility index (Phi) is 2.45. The van der Waals surface area contributed by atoms with E-state index in [-0.39, 0.29) is 0 Å². The lowest BCUT2D eigenvalue weighted by Gasteiger charge is -2.25.